The van der Waals surface area contributed by atoms with Crippen molar-refractivity contribution in [3.63, 3.8) is 0 Å². The third kappa shape index (κ3) is 5.37. The predicted octanol–water partition coefficient (Wildman–Crippen LogP) is 2.45. The van der Waals surface area contributed by atoms with E-state index in [1.165, 1.54) is 18.6 Å². The quantitative estimate of drug-likeness (QED) is 0.410. The van der Waals surface area contributed by atoms with Crippen molar-refractivity contribution in [1.82, 2.24) is 25.2 Å². The number of aromatic nitrogens is 3. The highest BCUT2D eigenvalue weighted by Crippen LogP contribution is 2.25. The lowest BCUT2D eigenvalue weighted by atomic mass is 10.2. The molecule has 1 unspecified atom stereocenters. The molecule has 1 aliphatic heterocycles. The second kappa shape index (κ2) is 9.87. The first-order chi connectivity index (χ1) is 11.3. The number of guanidine groups is 1. The molecular weight excluding hydrogens is 435 g/mol. The highest BCUT2D eigenvalue weighted by Gasteiger charge is 2.15. The van der Waals surface area contributed by atoms with Gasteiger partial charge >= 0.3 is 0 Å². The van der Waals surface area contributed by atoms with Gasteiger partial charge in [-0.3, -0.25) is 9.56 Å². The van der Waals surface area contributed by atoms with Gasteiger partial charge in [-0.2, -0.15) is 11.8 Å². The van der Waals surface area contributed by atoms with Crippen LogP contribution in [0.5, 0.6) is 0 Å². The van der Waals surface area contributed by atoms with Gasteiger partial charge in [0.1, 0.15) is 12.1 Å². The van der Waals surface area contributed by atoms with Crippen LogP contribution in [0.25, 0.3) is 5.82 Å². The molecule has 0 aromatic carbocycles. The van der Waals surface area contributed by atoms with Crippen molar-refractivity contribution in [3.8, 4) is 5.82 Å². The Labute approximate surface area is 164 Å². The number of pyridine rings is 1. The van der Waals surface area contributed by atoms with Crippen LogP contribution in [0.2, 0.25) is 0 Å². The Morgan fingerprint density at radius 3 is 3.04 bits per heavy atom. The van der Waals surface area contributed by atoms with Crippen LogP contribution in [0.1, 0.15) is 18.4 Å². The van der Waals surface area contributed by atoms with E-state index < -0.39 is 0 Å². The van der Waals surface area contributed by atoms with Crippen LogP contribution in [-0.2, 0) is 6.54 Å². The Balaban J connectivity index is 0.00000208. The molecule has 1 fully saturated rings. The molecule has 3 rings (SSSR count). The first kappa shape index (κ1) is 19.0. The molecule has 2 aromatic heterocycles. The Morgan fingerprint density at radius 2 is 2.33 bits per heavy atom. The van der Waals surface area contributed by atoms with Crippen molar-refractivity contribution in [2.24, 2.45) is 4.99 Å². The predicted molar refractivity (Wildman–Crippen MR) is 110 cm³/mol. The lowest BCUT2D eigenvalue weighted by Crippen LogP contribution is -2.39. The molecule has 0 amide bonds. The second-order valence-electron chi connectivity index (χ2n) is 5.43. The Bertz CT molecular complexity index is 640. The van der Waals surface area contributed by atoms with Crippen LogP contribution in [0.4, 0.5) is 0 Å². The molecular formula is C16H23IN6S. The van der Waals surface area contributed by atoms with Gasteiger partial charge in [0.2, 0.25) is 0 Å². The van der Waals surface area contributed by atoms with Crippen molar-refractivity contribution in [2.75, 3.05) is 19.3 Å². The molecule has 1 aliphatic rings. The van der Waals surface area contributed by atoms with Crippen molar-refractivity contribution in [1.29, 1.82) is 0 Å². The number of rotatable bonds is 5. The number of hydrogen-bond acceptors (Lipinski definition) is 4. The molecule has 0 saturated carbocycles. The summed E-state index contributed by atoms with van der Waals surface area (Å²) in [6.07, 6.45) is 9.83. The van der Waals surface area contributed by atoms with E-state index in [2.05, 4.69) is 31.7 Å². The van der Waals surface area contributed by atoms with Gasteiger partial charge in [-0.25, -0.2) is 9.97 Å². The van der Waals surface area contributed by atoms with Gasteiger partial charge in [0.05, 0.1) is 0 Å². The van der Waals surface area contributed by atoms with Gasteiger partial charge in [0, 0.05) is 44.0 Å². The molecule has 1 saturated heterocycles. The van der Waals surface area contributed by atoms with Crippen molar-refractivity contribution >= 4 is 41.7 Å². The zero-order valence-electron chi connectivity index (χ0n) is 13.7. The first-order valence-corrected chi connectivity index (χ1v) is 8.89. The van der Waals surface area contributed by atoms with E-state index in [9.17, 15) is 0 Å². The third-order valence-corrected chi connectivity index (χ3v) is 5.18. The highest BCUT2D eigenvalue weighted by atomic mass is 127. The van der Waals surface area contributed by atoms with Crippen molar-refractivity contribution in [2.45, 2.75) is 24.6 Å². The van der Waals surface area contributed by atoms with E-state index in [1.54, 1.807) is 19.6 Å². The molecule has 6 nitrogen and oxygen atoms in total. The summed E-state index contributed by atoms with van der Waals surface area (Å²) in [6, 6.07) is 4.06. The maximum atomic E-state index is 4.36. The maximum absolute atomic E-state index is 4.36. The smallest absolute Gasteiger partial charge is 0.191 e. The summed E-state index contributed by atoms with van der Waals surface area (Å²) in [6.45, 7) is 1.68. The summed E-state index contributed by atoms with van der Waals surface area (Å²) >= 11 is 2.05. The Hall–Kier alpha value is -1.29. The van der Waals surface area contributed by atoms with Gasteiger partial charge < -0.3 is 10.6 Å². The molecule has 24 heavy (non-hydrogen) atoms. The van der Waals surface area contributed by atoms with Gasteiger partial charge in [-0.1, -0.05) is 0 Å². The number of thioether (sulfide) groups is 1. The van der Waals surface area contributed by atoms with Crippen molar-refractivity contribution < 1.29 is 0 Å². The number of aliphatic imine (C=N–C) groups is 1. The molecule has 0 radical (unpaired) electrons. The average molecular weight is 458 g/mol. The zero-order valence-corrected chi connectivity index (χ0v) is 16.8. The first-order valence-electron chi connectivity index (χ1n) is 7.84. The van der Waals surface area contributed by atoms with Crippen molar-refractivity contribution in [3.05, 3.63) is 42.6 Å². The Kier molecular flexibility index (Phi) is 7.83. The van der Waals surface area contributed by atoms with Crippen LogP contribution in [0, 0.1) is 0 Å². The minimum Gasteiger partial charge on any atom is -0.355 e. The maximum Gasteiger partial charge on any atom is 0.191 e. The van der Waals surface area contributed by atoms with E-state index in [4.69, 9.17) is 0 Å². The van der Waals surface area contributed by atoms with Gasteiger partial charge in [-0.15, -0.1) is 24.0 Å². The molecule has 8 heteroatoms. The number of halogens is 1. The lowest BCUT2D eigenvalue weighted by Gasteiger charge is -2.15. The van der Waals surface area contributed by atoms with Gasteiger partial charge in [-0.05, 0) is 36.3 Å². The molecule has 2 N–H and O–H groups in total. The SMILES string of the molecule is CN=C(NCc1ccnc(-n2ccnc2)c1)NCC1CCCS1.I. The molecule has 130 valence electrons. The molecule has 0 spiro atoms. The fraction of sp³-hybridized carbons (Fsp3) is 0.438. The summed E-state index contributed by atoms with van der Waals surface area (Å²) in [7, 11) is 1.81. The fourth-order valence-corrected chi connectivity index (χ4v) is 3.73. The van der Waals surface area contributed by atoms with Crippen LogP contribution in [0.15, 0.2) is 42.0 Å². The van der Waals surface area contributed by atoms with E-state index in [0.29, 0.717) is 11.8 Å². The third-order valence-electron chi connectivity index (χ3n) is 3.78. The van der Waals surface area contributed by atoms with E-state index in [-0.39, 0.29) is 24.0 Å². The second-order valence-corrected chi connectivity index (χ2v) is 6.84. The number of nitrogens with zero attached hydrogens (tertiary/aromatic N) is 4. The van der Waals surface area contributed by atoms with Gasteiger partial charge in [0.15, 0.2) is 5.96 Å². The lowest BCUT2D eigenvalue weighted by molar-refractivity contribution is 0.725. The summed E-state index contributed by atoms with van der Waals surface area (Å²) in [4.78, 5) is 12.7. The normalized spacial score (nSPS) is 17.4. The topological polar surface area (TPSA) is 67.1 Å². The number of nitrogens with one attached hydrogen (secondary N) is 2. The molecule has 3 heterocycles. The minimum absolute atomic E-state index is 0. The summed E-state index contributed by atoms with van der Waals surface area (Å²) in [5.41, 5.74) is 1.15. The van der Waals surface area contributed by atoms with E-state index in [1.807, 2.05) is 34.8 Å². The molecule has 0 bridgehead atoms. The number of imidazole rings is 1. The van der Waals surface area contributed by atoms with Crippen LogP contribution >= 0.6 is 35.7 Å². The van der Waals surface area contributed by atoms with Crippen LogP contribution in [0.3, 0.4) is 0 Å². The van der Waals surface area contributed by atoms with Gasteiger partial charge in [0.25, 0.3) is 0 Å². The molecule has 1 atom stereocenters. The summed E-state index contributed by atoms with van der Waals surface area (Å²) < 4.78 is 1.90. The monoisotopic (exact) mass is 458 g/mol. The number of hydrogen-bond donors (Lipinski definition) is 2. The van der Waals surface area contributed by atoms with Crippen LogP contribution < -0.4 is 10.6 Å². The van der Waals surface area contributed by atoms with Crippen LogP contribution in [-0.4, -0.2) is 45.1 Å². The van der Waals surface area contributed by atoms with E-state index in [0.717, 1.165) is 23.9 Å². The summed E-state index contributed by atoms with van der Waals surface area (Å²) in [5.74, 6) is 3.00. The minimum atomic E-state index is 0. The average Bonchev–Trinajstić information content (AvgIpc) is 3.29. The van der Waals surface area contributed by atoms with E-state index >= 15 is 0 Å². The molecule has 2 aromatic rings. The summed E-state index contributed by atoms with van der Waals surface area (Å²) in [5, 5.41) is 7.48. The molecule has 0 aliphatic carbocycles. The highest BCUT2D eigenvalue weighted by molar-refractivity contribution is 14.0. The Morgan fingerprint density at radius 1 is 1.42 bits per heavy atom. The largest absolute Gasteiger partial charge is 0.355 e. The standard InChI is InChI=1S/C16H22N6S.HI/c1-17-16(21-11-14-3-2-8-23-14)20-10-13-4-5-19-15(9-13)22-7-6-18-12-22;/h4-7,9,12,14H,2-3,8,10-11H2,1H3,(H2,17,20,21);1H. The zero-order chi connectivity index (χ0) is 15.9. The fourth-order valence-electron chi connectivity index (χ4n) is 2.53.